The molecule has 2 atom stereocenters. The van der Waals surface area contributed by atoms with Gasteiger partial charge in [0.1, 0.15) is 0 Å². The average Bonchev–Trinajstić information content (AvgIpc) is 3.84. The molecule has 1 saturated heterocycles. The third-order valence-electron chi connectivity index (χ3n) is 13.9. The first-order valence-electron chi connectivity index (χ1n) is 18.5. The van der Waals surface area contributed by atoms with Gasteiger partial charge in [-0.3, -0.25) is 0 Å². The molecule has 234 valence electrons. The standard InChI is InChI=1S/2C19H23.C3H6.2ClH.Zr/c2*1-2-7-14(6-1)16-12-13-17(15-8-3-4-9-15)19-11-5-10-18(16)19;1-3-2;;;/h2*5,10-15H,1-4,6-9H2;1-3H2;2*1H;/q;;;;;+2/p-2. The zero-order valence-corrected chi connectivity index (χ0v) is 30.7. The average molecular weight is 707 g/mol. The summed E-state index contributed by atoms with van der Waals surface area (Å²) in [5, 5.41) is 0. The summed E-state index contributed by atoms with van der Waals surface area (Å²) in [6, 6.07) is 10.7. The third-order valence-corrected chi connectivity index (χ3v) is 28.7. The van der Waals surface area contributed by atoms with E-state index in [1.165, 1.54) is 109 Å². The first kappa shape index (κ1) is 32.0. The minimum absolute atomic E-state index is 0. The van der Waals surface area contributed by atoms with Gasteiger partial charge < -0.3 is 24.8 Å². The predicted octanol–water partition coefficient (Wildman–Crippen LogP) is 6.56. The Balaban J connectivity index is 0.00000156. The van der Waals surface area contributed by atoms with Crippen molar-refractivity contribution >= 4 is 12.2 Å². The van der Waals surface area contributed by atoms with Gasteiger partial charge in [0.05, 0.1) is 0 Å². The minimum atomic E-state index is -2.67. The molecule has 2 aromatic rings. The Morgan fingerprint density at radius 3 is 1.05 bits per heavy atom. The fourth-order valence-electron chi connectivity index (χ4n) is 11.7. The van der Waals surface area contributed by atoms with Crippen LogP contribution in [0.1, 0.15) is 185 Å². The van der Waals surface area contributed by atoms with Crippen molar-refractivity contribution in [3.8, 4) is 0 Å². The van der Waals surface area contributed by atoms with E-state index in [1.54, 1.807) is 30.5 Å². The van der Waals surface area contributed by atoms with Crippen LogP contribution in [0.5, 0.6) is 0 Å². The van der Waals surface area contributed by atoms with Gasteiger partial charge in [-0.25, -0.2) is 0 Å². The Kier molecular flexibility index (Phi) is 9.53. The number of hydrogen-bond donors (Lipinski definition) is 0. The second kappa shape index (κ2) is 13.1. The maximum Gasteiger partial charge on any atom is -1.00 e. The maximum atomic E-state index is 2.85. The summed E-state index contributed by atoms with van der Waals surface area (Å²) in [6.07, 6.45) is 35.6. The van der Waals surface area contributed by atoms with Crippen LogP contribution in [0.15, 0.2) is 36.4 Å². The number of benzene rings is 2. The monoisotopic (exact) mass is 704 g/mol. The first-order chi connectivity index (χ1) is 20.8. The van der Waals surface area contributed by atoms with Gasteiger partial charge in [0.2, 0.25) is 0 Å². The fraction of sp³-hybridized carbons (Fsp3) is 0.610. The molecule has 5 fully saturated rings. The molecule has 3 heteroatoms. The molecule has 0 nitrogen and oxygen atoms in total. The van der Waals surface area contributed by atoms with Gasteiger partial charge in [0.15, 0.2) is 0 Å². The molecule has 0 amide bonds. The van der Waals surface area contributed by atoms with Crippen LogP contribution in [0.2, 0.25) is 8.26 Å². The zero-order valence-electron chi connectivity index (χ0n) is 26.8. The second-order valence-electron chi connectivity index (χ2n) is 15.8. The van der Waals surface area contributed by atoms with Crippen molar-refractivity contribution in [1.82, 2.24) is 0 Å². The van der Waals surface area contributed by atoms with E-state index >= 15 is 0 Å². The largest absolute Gasteiger partial charge is 1.00 e. The zero-order chi connectivity index (χ0) is 27.7. The quantitative estimate of drug-likeness (QED) is 0.320. The van der Waals surface area contributed by atoms with Gasteiger partial charge in [-0.2, -0.15) is 0 Å². The normalized spacial score (nSPS) is 27.1. The van der Waals surface area contributed by atoms with Crippen LogP contribution in [0, 0.1) is 0 Å². The third kappa shape index (κ3) is 5.07. The molecule has 9 rings (SSSR count). The molecule has 4 saturated carbocycles. The minimum Gasteiger partial charge on any atom is -1.00 e. The molecule has 44 heavy (non-hydrogen) atoms. The summed E-state index contributed by atoms with van der Waals surface area (Å²) in [4.78, 5) is 0. The van der Waals surface area contributed by atoms with E-state index in [9.17, 15) is 0 Å². The molecule has 1 aliphatic heterocycles. The van der Waals surface area contributed by atoms with Gasteiger partial charge in [0.25, 0.3) is 0 Å². The van der Waals surface area contributed by atoms with Crippen molar-refractivity contribution < 1.29 is 45.1 Å². The predicted molar refractivity (Wildman–Crippen MR) is 176 cm³/mol. The Morgan fingerprint density at radius 2 is 0.727 bits per heavy atom. The van der Waals surface area contributed by atoms with Crippen molar-refractivity contribution in [3.05, 3.63) is 80.9 Å². The Hall–Kier alpha value is -0.617. The van der Waals surface area contributed by atoms with Crippen LogP contribution >= 0.6 is 0 Å². The van der Waals surface area contributed by atoms with Crippen molar-refractivity contribution in [2.24, 2.45) is 0 Å². The number of halogens is 2. The van der Waals surface area contributed by atoms with Gasteiger partial charge in [-0.15, -0.1) is 0 Å². The van der Waals surface area contributed by atoms with E-state index in [0.29, 0.717) is 0 Å². The molecule has 2 unspecified atom stereocenters. The van der Waals surface area contributed by atoms with Crippen LogP contribution in [0.25, 0.3) is 12.2 Å². The summed E-state index contributed by atoms with van der Waals surface area (Å²) in [5.41, 5.74) is 14.5. The smallest absolute Gasteiger partial charge is 1.00 e. The van der Waals surface area contributed by atoms with Gasteiger partial charge in [0, 0.05) is 0 Å². The van der Waals surface area contributed by atoms with Crippen LogP contribution in [-0.4, -0.2) is 0 Å². The van der Waals surface area contributed by atoms with Crippen LogP contribution in [0.4, 0.5) is 0 Å². The molecule has 0 radical (unpaired) electrons. The van der Waals surface area contributed by atoms with Crippen molar-refractivity contribution in [2.75, 3.05) is 0 Å². The fourth-order valence-corrected chi connectivity index (χ4v) is 25.4. The van der Waals surface area contributed by atoms with E-state index in [4.69, 9.17) is 0 Å². The van der Waals surface area contributed by atoms with Crippen molar-refractivity contribution in [3.63, 3.8) is 0 Å². The van der Waals surface area contributed by atoms with E-state index in [-0.39, 0.29) is 24.8 Å². The van der Waals surface area contributed by atoms with Crippen LogP contribution in [0.3, 0.4) is 0 Å². The van der Waals surface area contributed by atoms with E-state index in [0.717, 1.165) is 30.9 Å². The number of allylic oxidation sites excluding steroid dienone is 2. The number of rotatable bonds is 6. The van der Waals surface area contributed by atoms with Gasteiger partial charge in [-0.1, -0.05) is 0 Å². The van der Waals surface area contributed by atoms with Crippen LogP contribution < -0.4 is 24.8 Å². The SMILES string of the molecule is C1=C[CH]([Zr+2]2([CH]3C=Cc4c(C5CCCC5)ccc(C5CCCC5)c43)[CH2]C[CH2]2)c2c(C3CCCC3)ccc(C3CCCC3)c21.[Cl-].[Cl-]. The van der Waals surface area contributed by atoms with Crippen molar-refractivity contribution in [1.29, 1.82) is 0 Å². The van der Waals surface area contributed by atoms with E-state index < -0.39 is 20.3 Å². The summed E-state index contributed by atoms with van der Waals surface area (Å²) < 4.78 is 4.86. The molecule has 6 aliphatic carbocycles. The summed E-state index contributed by atoms with van der Waals surface area (Å²) >= 11 is -2.67. The Bertz CT molecular complexity index is 1310. The number of fused-ring (bicyclic) bond motifs is 2. The summed E-state index contributed by atoms with van der Waals surface area (Å²) in [5.74, 6) is 3.30. The number of hydrogen-bond acceptors (Lipinski definition) is 0. The first-order valence-corrected chi connectivity index (χ1v) is 24.8. The van der Waals surface area contributed by atoms with Gasteiger partial charge >= 0.3 is 262 Å². The molecule has 1 heterocycles. The van der Waals surface area contributed by atoms with Crippen LogP contribution in [-0.2, 0) is 20.3 Å². The summed E-state index contributed by atoms with van der Waals surface area (Å²) in [6.45, 7) is 0. The van der Waals surface area contributed by atoms with E-state index in [2.05, 4.69) is 48.6 Å². The Labute approximate surface area is 284 Å². The molecule has 0 N–H and O–H groups in total. The maximum absolute atomic E-state index is 2.85. The topological polar surface area (TPSA) is 0 Å². The molecule has 0 bridgehead atoms. The molecule has 0 aromatic heterocycles. The molecule has 2 aromatic carbocycles. The van der Waals surface area contributed by atoms with Gasteiger partial charge in [-0.05, 0) is 0 Å². The molecule has 0 spiro atoms. The molecular formula is C41H52Cl2Zr. The second-order valence-corrected chi connectivity index (χ2v) is 27.4. The van der Waals surface area contributed by atoms with Crippen molar-refractivity contribution in [2.45, 2.75) is 148 Å². The Morgan fingerprint density at radius 1 is 0.409 bits per heavy atom. The molecular weight excluding hydrogens is 655 g/mol. The summed E-state index contributed by atoms with van der Waals surface area (Å²) in [7, 11) is 0. The molecule has 7 aliphatic rings. The van der Waals surface area contributed by atoms with E-state index in [1.807, 2.05) is 22.3 Å².